The topological polar surface area (TPSA) is 64.3 Å². The summed E-state index contributed by atoms with van der Waals surface area (Å²) in [5, 5.41) is 2.14. The monoisotopic (exact) mass is 204 g/mol. The fourth-order valence-electron chi connectivity index (χ4n) is 0.838. The fourth-order valence-corrected chi connectivity index (χ4v) is 0.838. The molecule has 0 rings (SSSR count). The largest absolute Gasteiger partial charge is 0.444 e. The van der Waals surface area contributed by atoms with E-state index in [-0.39, 0.29) is 0 Å². The van der Waals surface area contributed by atoms with Gasteiger partial charge in [-0.1, -0.05) is 13.3 Å². The van der Waals surface area contributed by atoms with Crippen molar-refractivity contribution in [3.05, 3.63) is 0 Å². The SMILES string of the molecule is [2H]C([2H])(NC(=O)OC(C)(C)C)C(N)CCC. The van der Waals surface area contributed by atoms with Gasteiger partial charge in [-0.05, 0) is 27.2 Å². The first kappa shape index (κ1) is 9.77. The van der Waals surface area contributed by atoms with Crippen LogP contribution < -0.4 is 11.1 Å². The Morgan fingerprint density at radius 1 is 1.64 bits per heavy atom. The van der Waals surface area contributed by atoms with E-state index >= 15 is 0 Å². The Kier molecular flexibility index (Phi) is 4.09. The van der Waals surface area contributed by atoms with Crippen molar-refractivity contribution in [3.8, 4) is 0 Å². The van der Waals surface area contributed by atoms with Crippen LogP contribution >= 0.6 is 0 Å². The Balaban J connectivity index is 4.30. The summed E-state index contributed by atoms with van der Waals surface area (Å²) in [5.41, 5.74) is 4.98. The fraction of sp³-hybridized carbons (Fsp3) is 0.900. The highest BCUT2D eigenvalue weighted by molar-refractivity contribution is 5.67. The molecule has 0 aliphatic rings. The Labute approximate surface area is 89.0 Å². The first-order valence-corrected chi connectivity index (χ1v) is 4.85. The van der Waals surface area contributed by atoms with Gasteiger partial charge in [0.1, 0.15) is 5.60 Å². The Morgan fingerprint density at radius 3 is 2.64 bits per heavy atom. The molecule has 84 valence electrons. The number of carbonyl (C=O) groups is 1. The minimum absolute atomic E-state index is 0.503. The van der Waals surface area contributed by atoms with E-state index in [1.165, 1.54) is 0 Å². The van der Waals surface area contributed by atoms with Crippen LogP contribution in [-0.4, -0.2) is 24.2 Å². The molecule has 0 bridgehead atoms. The molecule has 3 N–H and O–H groups in total. The van der Waals surface area contributed by atoms with E-state index in [4.69, 9.17) is 13.2 Å². The minimum Gasteiger partial charge on any atom is -0.444 e. The first-order valence-electron chi connectivity index (χ1n) is 5.85. The summed E-state index contributed by atoms with van der Waals surface area (Å²) in [4.78, 5) is 11.4. The summed E-state index contributed by atoms with van der Waals surface area (Å²) in [6, 6.07) is -0.731. The van der Waals surface area contributed by atoms with Crippen molar-refractivity contribution in [3.63, 3.8) is 0 Å². The van der Waals surface area contributed by atoms with Gasteiger partial charge in [0.05, 0.1) is 2.74 Å². The Bertz CT molecular complexity index is 239. The first-order chi connectivity index (χ1) is 7.08. The smallest absolute Gasteiger partial charge is 0.407 e. The predicted molar refractivity (Wildman–Crippen MR) is 57.1 cm³/mol. The number of rotatable bonds is 4. The van der Waals surface area contributed by atoms with Gasteiger partial charge in [0.2, 0.25) is 0 Å². The van der Waals surface area contributed by atoms with Crippen LogP contribution in [-0.2, 0) is 4.74 Å². The van der Waals surface area contributed by atoms with Gasteiger partial charge in [-0.15, -0.1) is 0 Å². The number of ether oxygens (including phenoxy) is 1. The van der Waals surface area contributed by atoms with Crippen molar-refractivity contribution in [2.75, 3.05) is 6.50 Å². The molecule has 1 atom stereocenters. The highest BCUT2D eigenvalue weighted by Gasteiger charge is 2.16. The molecule has 0 aromatic heterocycles. The second-order valence-electron chi connectivity index (χ2n) is 4.17. The van der Waals surface area contributed by atoms with Crippen LogP contribution in [0.3, 0.4) is 0 Å². The molecule has 0 heterocycles. The van der Waals surface area contributed by atoms with E-state index in [2.05, 4.69) is 5.32 Å². The van der Waals surface area contributed by atoms with Crippen LogP contribution in [0.4, 0.5) is 4.79 Å². The number of carbonyl (C=O) groups excluding carboxylic acids is 1. The number of alkyl carbamates (subject to hydrolysis) is 1. The molecule has 1 amide bonds. The Morgan fingerprint density at radius 2 is 2.21 bits per heavy atom. The zero-order chi connectivity index (χ0) is 13.0. The maximum Gasteiger partial charge on any atom is 0.407 e. The van der Waals surface area contributed by atoms with Crippen LogP contribution in [0.1, 0.15) is 43.3 Å². The van der Waals surface area contributed by atoms with Gasteiger partial charge in [0.15, 0.2) is 0 Å². The summed E-state index contributed by atoms with van der Waals surface area (Å²) in [5.74, 6) is 0. The highest BCUT2D eigenvalue weighted by atomic mass is 16.6. The predicted octanol–water partition coefficient (Wildman–Crippen LogP) is 1.64. The zero-order valence-electron chi connectivity index (χ0n) is 11.4. The molecular formula is C10H22N2O2. The van der Waals surface area contributed by atoms with Crippen molar-refractivity contribution < 1.29 is 12.3 Å². The Hall–Kier alpha value is -0.770. The average Bonchev–Trinajstić information content (AvgIpc) is 1.99. The molecule has 14 heavy (non-hydrogen) atoms. The minimum atomic E-state index is -1.95. The molecule has 0 fully saturated rings. The van der Waals surface area contributed by atoms with Gasteiger partial charge in [-0.25, -0.2) is 4.79 Å². The van der Waals surface area contributed by atoms with Crippen LogP contribution in [0.15, 0.2) is 0 Å². The van der Waals surface area contributed by atoms with E-state index in [0.29, 0.717) is 6.42 Å². The molecule has 0 spiro atoms. The van der Waals surface area contributed by atoms with E-state index in [9.17, 15) is 4.79 Å². The average molecular weight is 204 g/mol. The van der Waals surface area contributed by atoms with Gasteiger partial charge < -0.3 is 15.8 Å². The maximum atomic E-state index is 11.4. The molecule has 0 aliphatic carbocycles. The molecule has 4 heteroatoms. The molecule has 4 nitrogen and oxygen atoms in total. The van der Waals surface area contributed by atoms with Crippen LogP contribution in [0.2, 0.25) is 0 Å². The van der Waals surface area contributed by atoms with Crippen molar-refractivity contribution in [1.82, 2.24) is 5.32 Å². The molecule has 0 radical (unpaired) electrons. The van der Waals surface area contributed by atoms with Gasteiger partial charge >= 0.3 is 6.09 Å². The third kappa shape index (κ3) is 7.86. The second-order valence-corrected chi connectivity index (χ2v) is 4.17. The number of nitrogens with two attached hydrogens (primary N) is 1. The highest BCUT2D eigenvalue weighted by Crippen LogP contribution is 2.06. The lowest BCUT2D eigenvalue weighted by molar-refractivity contribution is 0.0524. The summed E-state index contributed by atoms with van der Waals surface area (Å²) in [6.07, 6.45) is 0.475. The molecule has 0 aromatic rings. The third-order valence-corrected chi connectivity index (χ3v) is 1.36. The van der Waals surface area contributed by atoms with Crippen molar-refractivity contribution in [2.45, 2.75) is 52.2 Å². The number of amides is 1. The normalized spacial score (nSPS) is 16.6. The van der Waals surface area contributed by atoms with Crippen molar-refractivity contribution in [2.24, 2.45) is 5.73 Å². The van der Waals surface area contributed by atoms with Crippen LogP contribution in [0.5, 0.6) is 0 Å². The lowest BCUT2D eigenvalue weighted by Gasteiger charge is -2.20. The second kappa shape index (κ2) is 5.86. The molecule has 0 aliphatic heterocycles. The summed E-state index contributed by atoms with van der Waals surface area (Å²) in [7, 11) is 0. The van der Waals surface area contributed by atoms with Gasteiger partial charge in [-0.2, -0.15) is 0 Å². The quantitative estimate of drug-likeness (QED) is 0.731. The van der Waals surface area contributed by atoms with Gasteiger partial charge in [0.25, 0.3) is 0 Å². The lowest BCUT2D eigenvalue weighted by Crippen LogP contribution is -2.40. The third-order valence-electron chi connectivity index (χ3n) is 1.36. The zero-order valence-corrected chi connectivity index (χ0v) is 9.39. The van der Waals surface area contributed by atoms with E-state index < -0.39 is 24.2 Å². The van der Waals surface area contributed by atoms with Crippen molar-refractivity contribution in [1.29, 1.82) is 0 Å². The molecular weight excluding hydrogens is 180 g/mol. The molecule has 0 aromatic carbocycles. The summed E-state index contributed by atoms with van der Waals surface area (Å²) >= 11 is 0. The van der Waals surface area contributed by atoms with Crippen LogP contribution in [0, 0.1) is 0 Å². The standard InChI is InChI=1S/C10H22N2O2/c1-5-6-8(11)7-12-9(13)14-10(2,3)4/h8H,5-7,11H2,1-4H3,(H,12,13)/i7D2. The number of hydrogen-bond acceptors (Lipinski definition) is 3. The van der Waals surface area contributed by atoms with Gasteiger partial charge in [-0.3, -0.25) is 0 Å². The van der Waals surface area contributed by atoms with Crippen molar-refractivity contribution >= 4 is 6.09 Å². The molecule has 0 saturated heterocycles. The van der Waals surface area contributed by atoms with E-state index in [0.717, 1.165) is 6.42 Å². The number of nitrogens with one attached hydrogen (secondary N) is 1. The van der Waals surface area contributed by atoms with Crippen LogP contribution in [0.25, 0.3) is 0 Å². The maximum absolute atomic E-state index is 11.4. The van der Waals surface area contributed by atoms with Gasteiger partial charge in [0, 0.05) is 12.5 Å². The lowest BCUT2D eigenvalue weighted by atomic mass is 10.2. The summed E-state index contributed by atoms with van der Waals surface area (Å²) < 4.78 is 20.2. The molecule has 1 unspecified atom stereocenters. The molecule has 0 saturated carbocycles. The summed E-state index contributed by atoms with van der Waals surface area (Å²) in [6.45, 7) is 5.11. The van der Waals surface area contributed by atoms with E-state index in [1.807, 2.05) is 6.92 Å². The number of hydrogen-bond donors (Lipinski definition) is 2. The van der Waals surface area contributed by atoms with E-state index in [1.54, 1.807) is 20.8 Å².